The molecule has 0 saturated carbocycles. The van der Waals surface area contributed by atoms with Gasteiger partial charge in [-0.1, -0.05) is 52.0 Å². The van der Waals surface area contributed by atoms with Gasteiger partial charge in [0.05, 0.1) is 17.7 Å². The summed E-state index contributed by atoms with van der Waals surface area (Å²) in [6, 6.07) is 14.6. The van der Waals surface area contributed by atoms with Gasteiger partial charge in [0, 0.05) is 4.47 Å². The van der Waals surface area contributed by atoms with Gasteiger partial charge in [-0.2, -0.15) is 5.26 Å². The summed E-state index contributed by atoms with van der Waals surface area (Å²) in [5.74, 6) is 0.784. The first-order valence-corrected chi connectivity index (χ1v) is 9.76. The number of nitriles is 1. The highest BCUT2D eigenvalue weighted by atomic mass is 79.9. The lowest BCUT2D eigenvalue weighted by Crippen LogP contribution is -2.27. The van der Waals surface area contributed by atoms with Gasteiger partial charge in [0.2, 0.25) is 0 Å². The first kappa shape index (κ1) is 19.4. The topological polar surface area (TPSA) is 62.6 Å². The quantitative estimate of drug-likeness (QED) is 0.473. The van der Waals surface area contributed by atoms with E-state index in [4.69, 9.17) is 27.0 Å². The molecule has 2 aromatic carbocycles. The molecule has 3 rings (SSSR count). The zero-order valence-corrected chi connectivity index (χ0v) is 17.4. The number of ether oxygens (including phenoxy) is 2. The van der Waals surface area contributed by atoms with E-state index in [1.165, 1.54) is 23.8 Å². The fourth-order valence-electron chi connectivity index (χ4n) is 2.46. The number of carbonyl (C=O) groups is 1. The second-order valence-electron chi connectivity index (χ2n) is 5.35. The number of thioether (sulfide) groups is 1. The van der Waals surface area contributed by atoms with Crippen LogP contribution in [0.25, 0.3) is 6.08 Å². The van der Waals surface area contributed by atoms with E-state index in [9.17, 15) is 4.79 Å². The highest BCUT2D eigenvalue weighted by molar-refractivity contribution is 9.10. The molecule has 1 heterocycles. The van der Waals surface area contributed by atoms with Crippen molar-refractivity contribution in [1.29, 1.82) is 5.26 Å². The number of rotatable bonds is 5. The third kappa shape index (κ3) is 4.33. The lowest BCUT2D eigenvalue weighted by atomic mass is 10.2. The van der Waals surface area contributed by atoms with E-state index in [0.29, 0.717) is 26.4 Å². The van der Waals surface area contributed by atoms with Crippen molar-refractivity contribution >= 4 is 61.9 Å². The van der Waals surface area contributed by atoms with Gasteiger partial charge < -0.3 is 9.47 Å². The van der Waals surface area contributed by atoms with E-state index < -0.39 is 0 Å². The van der Waals surface area contributed by atoms with Crippen molar-refractivity contribution in [3.8, 4) is 17.6 Å². The third-order valence-corrected chi connectivity index (χ3v) is 5.43. The molecule has 136 valence electrons. The highest BCUT2D eigenvalue weighted by Crippen LogP contribution is 2.37. The Morgan fingerprint density at radius 3 is 2.81 bits per heavy atom. The number of hydrogen-bond donors (Lipinski definition) is 0. The maximum Gasteiger partial charge on any atom is 0.270 e. The monoisotopic (exact) mass is 460 g/mol. The van der Waals surface area contributed by atoms with Crippen LogP contribution in [0.3, 0.4) is 0 Å². The van der Waals surface area contributed by atoms with Crippen LogP contribution in [0.1, 0.15) is 5.56 Å². The standard InChI is InChI=1S/C19H13BrN2O3S2/c1-24-16-9-12(5-6-15(16)25-8-7-21)10-17-18(23)22(19(26)27-17)14-4-2-3-13(20)11-14/h2-6,9-11H,8H2,1H3/b17-10-. The molecular weight excluding hydrogens is 448 g/mol. The highest BCUT2D eigenvalue weighted by Gasteiger charge is 2.33. The van der Waals surface area contributed by atoms with Crippen molar-refractivity contribution in [2.45, 2.75) is 0 Å². The van der Waals surface area contributed by atoms with Gasteiger partial charge in [-0.3, -0.25) is 9.69 Å². The fourth-order valence-corrected chi connectivity index (χ4v) is 4.15. The minimum absolute atomic E-state index is 0.0685. The van der Waals surface area contributed by atoms with Crippen molar-refractivity contribution in [3.05, 3.63) is 57.4 Å². The molecular formula is C19H13BrN2O3S2. The van der Waals surface area contributed by atoms with E-state index >= 15 is 0 Å². The molecule has 27 heavy (non-hydrogen) atoms. The Labute approximate surface area is 174 Å². The second-order valence-corrected chi connectivity index (χ2v) is 7.95. The number of amides is 1. The maximum atomic E-state index is 12.8. The number of carbonyl (C=O) groups excluding carboxylic acids is 1. The molecule has 2 aromatic rings. The molecule has 0 radical (unpaired) electrons. The number of thiocarbonyl (C=S) groups is 1. The van der Waals surface area contributed by atoms with Crippen molar-refractivity contribution < 1.29 is 14.3 Å². The number of benzene rings is 2. The molecule has 0 unspecified atom stereocenters. The van der Waals surface area contributed by atoms with Crippen LogP contribution in [0, 0.1) is 11.3 Å². The summed E-state index contributed by atoms with van der Waals surface area (Å²) in [4.78, 5) is 14.9. The minimum Gasteiger partial charge on any atom is -0.493 e. The maximum absolute atomic E-state index is 12.8. The Bertz CT molecular complexity index is 985. The van der Waals surface area contributed by atoms with Crippen LogP contribution < -0.4 is 14.4 Å². The number of hydrogen-bond acceptors (Lipinski definition) is 6. The van der Waals surface area contributed by atoms with Crippen LogP contribution in [0.15, 0.2) is 51.8 Å². The van der Waals surface area contributed by atoms with Crippen LogP contribution in [-0.4, -0.2) is 23.9 Å². The van der Waals surface area contributed by atoms with Crippen molar-refractivity contribution in [2.75, 3.05) is 18.6 Å². The summed E-state index contributed by atoms with van der Waals surface area (Å²) >= 11 is 10.0. The molecule has 0 aromatic heterocycles. The predicted octanol–water partition coefficient (Wildman–Crippen LogP) is 4.77. The molecule has 1 fully saturated rings. The average Bonchev–Trinajstić information content (AvgIpc) is 2.93. The molecule has 0 N–H and O–H groups in total. The Morgan fingerprint density at radius 1 is 1.30 bits per heavy atom. The first-order chi connectivity index (χ1) is 13.0. The number of methoxy groups -OCH3 is 1. The number of anilines is 1. The van der Waals surface area contributed by atoms with Gasteiger partial charge in [0.25, 0.3) is 5.91 Å². The molecule has 8 heteroatoms. The minimum atomic E-state index is -0.174. The van der Waals surface area contributed by atoms with Gasteiger partial charge in [0.1, 0.15) is 6.07 Å². The van der Waals surface area contributed by atoms with Crippen molar-refractivity contribution in [2.24, 2.45) is 0 Å². The van der Waals surface area contributed by atoms with E-state index in [0.717, 1.165) is 10.0 Å². The van der Waals surface area contributed by atoms with Gasteiger partial charge in [0.15, 0.2) is 22.4 Å². The van der Waals surface area contributed by atoms with Crippen LogP contribution in [0.4, 0.5) is 5.69 Å². The molecule has 1 aliphatic heterocycles. The molecule has 1 saturated heterocycles. The zero-order valence-electron chi connectivity index (χ0n) is 14.1. The Morgan fingerprint density at radius 2 is 2.11 bits per heavy atom. The van der Waals surface area contributed by atoms with E-state index in [1.54, 1.807) is 24.3 Å². The van der Waals surface area contributed by atoms with Gasteiger partial charge in [-0.15, -0.1) is 0 Å². The molecule has 0 bridgehead atoms. The summed E-state index contributed by atoms with van der Waals surface area (Å²) in [5, 5.41) is 8.64. The summed E-state index contributed by atoms with van der Waals surface area (Å²) in [7, 11) is 1.52. The van der Waals surface area contributed by atoms with Gasteiger partial charge >= 0.3 is 0 Å². The SMILES string of the molecule is COc1cc(/C=C2\SC(=S)N(c3cccc(Br)c3)C2=O)ccc1OCC#N. The Kier molecular flexibility index (Phi) is 6.16. The molecule has 0 atom stereocenters. The Hall–Kier alpha value is -2.34. The lowest BCUT2D eigenvalue weighted by Gasteiger charge is -2.14. The van der Waals surface area contributed by atoms with Crippen LogP contribution in [0.5, 0.6) is 11.5 Å². The molecule has 0 aliphatic carbocycles. The predicted molar refractivity (Wildman–Crippen MR) is 114 cm³/mol. The fraction of sp³-hybridized carbons (Fsp3) is 0.105. The number of halogens is 1. The van der Waals surface area contributed by atoms with Crippen molar-refractivity contribution in [3.63, 3.8) is 0 Å². The van der Waals surface area contributed by atoms with Gasteiger partial charge in [-0.25, -0.2) is 0 Å². The normalized spacial score (nSPS) is 15.1. The molecule has 0 spiro atoms. The largest absolute Gasteiger partial charge is 0.493 e. The van der Waals surface area contributed by atoms with Crippen LogP contribution in [0.2, 0.25) is 0 Å². The van der Waals surface area contributed by atoms with E-state index in [-0.39, 0.29) is 12.5 Å². The summed E-state index contributed by atoms with van der Waals surface area (Å²) < 4.78 is 12.0. The third-order valence-electron chi connectivity index (χ3n) is 3.64. The van der Waals surface area contributed by atoms with E-state index in [1.807, 2.05) is 30.3 Å². The Balaban J connectivity index is 1.88. The summed E-state index contributed by atoms with van der Waals surface area (Å²) in [6.07, 6.45) is 1.76. The lowest BCUT2D eigenvalue weighted by molar-refractivity contribution is -0.113. The smallest absolute Gasteiger partial charge is 0.270 e. The van der Waals surface area contributed by atoms with Crippen LogP contribution >= 0.6 is 39.9 Å². The number of nitrogens with zero attached hydrogens (tertiary/aromatic N) is 2. The molecule has 1 amide bonds. The van der Waals surface area contributed by atoms with Crippen molar-refractivity contribution in [1.82, 2.24) is 0 Å². The first-order valence-electron chi connectivity index (χ1n) is 7.75. The van der Waals surface area contributed by atoms with E-state index in [2.05, 4.69) is 15.9 Å². The molecule has 5 nitrogen and oxygen atoms in total. The second kappa shape index (κ2) is 8.57. The summed E-state index contributed by atoms with van der Waals surface area (Å²) in [5.41, 5.74) is 1.49. The summed E-state index contributed by atoms with van der Waals surface area (Å²) in [6.45, 7) is -0.0685. The van der Waals surface area contributed by atoms with Gasteiger partial charge in [-0.05, 0) is 42.0 Å². The van der Waals surface area contributed by atoms with Crippen LogP contribution in [-0.2, 0) is 4.79 Å². The molecule has 1 aliphatic rings. The average molecular weight is 461 g/mol. The zero-order chi connectivity index (χ0) is 19.4.